The molecular formula is C20H26N4O6. The van der Waals surface area contributed by atoms with Gasteiger partial charge in [0.25, 0.3) is 11.8 Å². The van der Waals surface area contributed by atoms with Gasteiger partial charge in [-0.3, -0.25) is 29.4 Å². The molecule has 1 unspecified atom stereocenters. The highest BCUT2D eigenvalue weighted by Gasteiger charge is 2.44. The number of nitrogens with one attached hydrogen (secondary N) is 2. The first kappa shape index (κ1) is 22.0. The van der Waals surface area contributed by atoms with Crippen molar-refractivity contribution in [3.8, 4) is 0 Å². The summed E-state index contributed by atoms with van der Waals surface area (Å²) in [6.45, 7) is 3.63. The smallest absolute Gasteiger partial charge is 0.262 e. The molecule has 0 aliphatic carbocycles. The second-order valence-corrected chi connectivity index (χ2v) is 7.02. The second-order valence-electron chi connectivity index (χ2n) is 7.02. The molecule has 3 rings (SSSR count). The fourth-order valence-electron chi connectivity index (χ4n) is 3.41. The summed E-state index contributed by atoms with van der Waals surface area (Å²) in [7, 11) is 0. The van der Waals surface area contributed by atoms with Gasteiger partial charge in [0.2, 0.25) is 11.8 Å². The third kappa shape index (κ3) is 5.08. The lowest BCUT2D eigenvalue weighted by Crippen LogP contribution is -2.54. The van der Waals surface area contributed by atoms with Crippen molar-refractivity contribution in [3.05, 3.63) is 34.9 Å². The Labute approximate surface area is 174 Å². The molecule has 2 heterocycles. The van der Waals surface area contributed by atoms with Crippen molar-refractivity contribution in [2.75, 3.05) is 39.5 Å². The number of hydrogen-bond acceptors (Lipinski definition) is 8. The van der Waals surface area contributed by atoms with Crippen LogP contribution in [0.25, 0.3) is 0 Å². The Morgan fingerprint density at radius 2 is 1.77 bits per heavy atom. The molecule has 0 saturated carbocycles. The van der Waals surface area contributed by atoms with E-state index in [1.54, 1.807) is 18.2 Å². The maximum atomic E-state index is 12.8. The van der Waals surface area contributed by atoms with E-state index in [0.29, 0.717) is 46.1 Å². The minimum atomic E-state index is -0.956. The van der Waals surface area contributed by atoms with E-state index in [9.17, 15) is 19.2 Å². The van der Waals surface area contributed by atoms with Crippen LogP contribution in [-0.2, 0) is 25.6 Å². The van der Waals surface area contributed by atoms with Gasteiger partial charge >= 0.3 is 0 Å². The lowest BCUT2D eigenvalue weighted by atomic mass is 10.0. The van der Waals surface area contributed by atoms with Crippen LogP contribution >= 0.6 is 0 Å². The van der Waals surface area contributed by atoms with Crippen molar-refractivity contribution in [1.82, 2.24) is 15.5 Å². The first-order valence-corrected chi connectivity index (χ1v) is 9.93. The quantitative estimate of drug-likeness (QED) is 0.312. The highest BCUT2D eigenvalue weighted by molar-refractivity contribution is 6.23. The summed E-state index contributed by atoms with van der Waals surface area (Å²) in [5.74, 6) is -2.02. The molecule has 10 heteroatoms. The Balaban J connectivity index is 1.50. The fourth-order valence-corrected chi connectivity index (χ4v) is 3.41. The number of piperidine rings is 1. The summed E-state index contributed by atoms with van der Waals surface area (Å²) < 4.78 is 10.6. The van der Waals surface area contributed by atoms with Crippen LogP contribution in [0.5, 0.6) is 0 Å². The molecule has 2 aliphatic heterocycles. The normalized spacial score (nSPS) is 18.7. The van der Waals surface area contributed by atoms with Gasteiger partial charge in [0, 0.05) is 26.1 Å². The maximum absolute atomic E-state index is 12.8. The number of benzene rings is 1. The molecule has 4 amide bonds. The molecule has 1 saturated heterocycles. The maximum Gasteiger partial charge on any atom is 0.262 e. The van der Waals surface area contributed by atoms with Crippen LogP contribution < -0.4 is 16.4 Å². The Morgan fingerprint density at radius 3 is 2.50 bits per heavy atom. The van der Waals surface area contributed by atoms with E-state index >= 15 is 0 Å². The first-order valence-electron chi connectivity index (χ1n) is 9.93. The Bertz CT molecular complexity index is 828. The van der Waals surface area contributed by atoms with Gasteiger partial charge in [0.05, 0.1) is 37.6 Å². The van der Waals surface area contributed by atoms with Crippen molar-refractivity contribution >= 4 is 23.6 Å². The van der Waals surface area contributed by atoms with Gasteiger partial charge in [-0.15, -0.1) is 0 Å². The SMILES string of the molecule is NCCOCCOCCNCc1ccc2c(c1)C(=O)N(C1CCC(=O)NC1=O)C2=O. The molecule has 0 spiro atoms. The largest absolute Gasteiger partial charge is 0.378 e. The molecule has 162 valence electrons. The van der Waals surface area contributed by atoms with Crippen LogP contribution in [0.4, 0.5) is 0 Å². The number of fused-ring (bicyclic) bond motifs is 1. The van der Waals surface area contributed by atoms with E-state index in [0.717, 1.165) is 10.5 Å². The molecule has 4 N–H and O–H groups in total. The third-order valence-corrected chi connectivity index (χ3v) is 4.89. The first-order chi connectivity index (χ1) is 14.5. The van der Waals surface area contributed by atoms with E-state index in [1.165, 1.54) is 0 Å². The Hall–Kier alpha value is -2.66. The lowest BCUT2D eigenvalue weighted by molar-refractivity contribution is -0.136. The van der Waals surface area contributed by atoms with Gasteiger partial charge in [0.15, 0.2) is 0 Å². The van der Waals surface area contributed by atoms with Gasteiger partial charge in [-0.05, 0) is 24.1 Å². The van der Waals surface area contributed by atoms with Gasteiger partial charge < -0.3 is 20.5 Å². The molecule has 2 aliphatic rings. The topological polar surface area (TPSA) is 140 Å². The molecule has 1 atom stereocenters. The zero-order valence-corrected chi connectivity index (χ0v) is 16.6. The average molecular weight is 418 g/mol. The van der Waals surface area contributed by atoms with Crippen LogP contribution in [0.3, 0.4) is 0 Å². The molecule has 1 fully saturated rings. The molecule has 0 aromatic heterocycles. The van der Waals surface area contributed by atoms with Gasteiger partial charge in [-0.25, -0.2) is 0 Å². The number of rotatable bonds is 11. The number of ether oxygens (including phenoxy) is 2. The minimum absolute atomic E-state index is 0.0974. The number of hydrogen-bond donors (Lipinski definition) is 3. The van der Waals surface area contributed by atoms with E-state index in [2.05, 4.69) is 10.6 Å². The van der Waals surface area contributed by atoms with E-state index in [1.807, 2.05) is 0 Å². The molecule has 1 aromatic rings. The number of amides is 4. The van der Waals surface area contributed by atoms with Crippen molar-refractivity contribution < 1.29 is 28.7 Å². The summed E-state index contributed by atoms with van der Waals surface area (Å²) >= 11 is 0. The number of carbonyl (C=O) groups excluding carboxylic acids is 4. The molecule has 0 bridgehead atoms. The number of nitrogens with two attached hydrogens (primary N) is 1. The van der Waals surface area contributed by atoms with Crippen LogP contribution in [0, 0.1) is 0 Å². The van der Waals surface area contributed by atoms with Crippen LogP contribution in [0.15, 0.2) is 18.2 Å². The summed E-state index contributed by atoms with van der Waals surface area (Å²) in [5.41, 5.74) is 6.71. The number of nitrogens with zero attached hydrogens (tertiary/aromatic N) is 1. The molecule has 10 nitrogen and oxygen atoms in total. The predicted octanol–water partition coefficient (Wildman–Crippen LogP) is -0.831. The zero-order valence-electron chi connectivity index (χ0n) is 16.6. The second kappa shape index (κ2) is 10.4. The van der Waals surface area contributed by atoms with E-state index < -0.39 is 29.7 Å². The highest BCUT2D eigenvalue weighted by Crippen LogP contribution is 2.28. The number of imide groups is 2. The lowest BCUT2D eigenvalue weighted by Gasteiger charge is -2.27. The molecule has 1 aromatic carbocycles. The summed E-state index contributed by atoms with van der Waals surface area (Å²) in [6.07, 6.45) is 0.238. The van der Waals surface area contributed by atoms with Crippen LogP contribution in [0.1, 0.15) is 39.1 Å². The highest BCUT2D eigenvalue weighted by atomic mass is 16.5. The van der Waals surface area contributed by atoms with Crippen molar-refractivity contribution in [2.24, 2.45) is 5.73 Å². The standard InChI is InChI=1S/C20H26N4O6/c21-5-7-29-9-10-30-8-6-22-12-13-1-2-14-15(11-13)20(28)24(19(14)27)16-3-4-17(25)23-18(16)26/h1-2,11,16,22H,3-10,12,21H2,(H,23,25,26). The summed E-state index contributed by atoms with van der Waals surface area (Å²) in [5, 5.41) is 5.40. The average Bonchev–Trinajstić information content (AvgIpc) is 2.97. The Kier molecular flexibility index (Phi) is 7.63. The van der Waals surface area contributed by atoms with Gasteiger partial charge in [-0.1, -0.05) is 6.07 Å². The van der Waals surface area contributed by atoms with Gasteiger partial charge in [-0.2, -0.15) is 0 Å². The van der Waals surface area contributed by atoms with E-state index in [4.69, 9.17) is 15.2 Å². The molecule has 0 radical (unpaired) electrons. The third-order valence-electron chi connectivity index (χ3n) is 4.89. The van der Waals surface area contributed by atoms with E-state index in [-0.39, 0.29) is 24.0 Å². The summed E-state index contributed by atoms with van der Waals surface area (Å²) in [4.78, 5) is 49.8. The fraction of sp³-hybridized carbons (Fsp3) is 0.500. The van der Waals surface area contributed by atoms with Crippen molar-refractivity contribution in [3.63, 3.8) is 0 Å². The number of carbonyl (C=O) groups is 4. The monoisotopic (exact) mass is 418 g/mol. The minimum Gasteiger partial charge on any atom is -0.378 e. The Morgan fingerprint density at radius 1 is 1.03 bits per heavy atom. The molecule has 30 heavy (non-hydrogen) atoms. The van der Waals surface area contributed by atoms with Gasteiger partial charge in [0.1, 0.15) is 6.04 Å². The van der Waals surface area contributed by atoms with Crippen LogP contribution in [0.2, 0.25) is 0 Å². The predicted molar refractivity (Wildman–Crippen MR) is 106 cm³/mol. The summed E-state index contributed by atoms with van der Waals surface area (Å²) in [6, 6.07) is 4.08. The van der Waals surface area contributed by atoms with Crippen molar-refractivity contribution in [1.29, 1.82) is 0 Å². The van der Waals surface area contributed by atoms with Crippen LogP contribution in [-0.4, -0.2) is 74.1 Å². The molecular weight excluding hydrogens is 392 g/mol. The van der Waals surface area contributed by atoms with Crippen molar-refractivity contribution in [2.45, 2.75) is 25.4 Å². The zero-order chi connectivity index (χ0) is 21.5.